The van der Waals surface area contributed by atoms with Crippen LogP contribution in [0.2, 0.25) is 0 Å². The summed E-state index contributed by atoms with van der Waals surface area (Å²) in [5, 5.41) is 5.37. The van der Waals surface area contributed by atoms with Gasteiger partial charge in [0, 0.05) is 26.5 Å². The van der Waals surface area contributed by atoms with Crippen LogP contribution in [0.25, 0.3) is 38.8 Å². The van der Waals surface area contributed by atoms with Crippen LogP contribution in [-0.2, 0) is 18.4 Å². The first-order valence-electron chi connectivity index (χ1n) is 10.7. The number of carbonyl (C=O) groups is 1. The van der Waals surface area contributed by atoms with Gasteiger partial charge in [-0.3, -0.25) is 23.6 Å². The van der Waals surface area contributed by atoms with Crippen molar-refractivity contribution in [3.05, 3.63) is 77.1 Å². The number of pyridine rings is 1. The van der Waals surface area contributed by atoms with Crippen molar-refractivity contribution in [3.8, 4) is 16.8 Å². The normalized spacial score (nSPS) is 11.4. The van der Waals surface area contributed by atoms with Gasteiger partial charge in [0.25, 0.3) is 0 Å². The van der Waals surface area contributed by atoms with Gasteiger partial charge in [-0.2, -0.15) is 5.10 Å². The van der Waals surface area contributed by atoms with Gasteiger partial charge in [0.2, 0.25) is 5.91 Å². The first-order valence-corrected chi connectivity index (χ1v) is 10.7. The Balaban J connectivity index is 1.77. The van der Waals surface area contributed by atoms with Crippen LogP contribution in [0.15, 0.2) is 65.7 Å². The number of benzene rings is 2. The third kappa shape index (κ3) is 3.40. The Hall–Kier alpha value is -4.20. The third-order valence-electron chi connectivity index (χ3n) is 5.95. The fourth-order valence-corrected chi connectivity index (χ4v) is 4.12. The zero-order valence-electron chi connectivity index (χ0n) is 19.0. The Morgan fingerprint density at radius 3 is 2.55 bits per heavy atom. The maximum absolute atomic E-state index is 13.4. The molecule has 1 amide bonds. The fraction of sp³-hybridized carbons (Fsp3) is 0.200. The van der Waals surface area contributed by atoms with E-state index >= 15 is 0 Å². The van der Waals surface area contributed by atoms with Crippen LogP contribution in [0.5, 0.6) is 0 Å². The molecule has 0 atom stereocenters. The maximum Gasteiger partial charge on any atom is 0.333 e. The fourth-order valence-electron chi connectivity index (χ4n) is 4.12. The Bertz CT molecular complexity index is 1570. The number of aromatic nitrogens is 5. The molecule has 0 radical (unpaired) electrons. The summed E-state index contributed by atoms with van der Waals surface area (Å²) < 4.78 is 4.85. The Kier molecular flexibility index (Phi) is 4.85. The smallest absolute Gasteiger partial charge is 0.333 e. The second-order valence-corrected chi connectivity index (χ2v) is 8.35. The average Bonchev–Trinajstić information content (AvgIpc) is 3.30. The van der Waals surface area contributed by atoms with Gasteiger partial charge in [-0.15, -0.1) is 0 Å². The minimum atomic E-state index is -0.189. The summed E-state index contributed by atoms with van der Waals surface area (Å²) in [5.74, 6) is -0.0727. The third-order valence-corrected chi connectivity index (χ3v) is 5.95. The van der Waals surface area contributed by atoms with Crippen LogP contribution in [-0.4, -0.2) is 48.8 Å². The van der Waals surface area contributed by atoms with Crippen LogP contribution in [0.4, 0.5) is 0 Å². The zero-order chi connectivity index (χ0) is 23.3. The zero-order valence-corrected chi connectivity index (χ0v) is 19.0. The van der Waals surface area contributed by atoms with Crippen LogP contribution in [0, 0.1) is 6.92 Å². The van der Waals surface area contributed by atoms with Crippen molar-refractivity contribution in [1.29, 1.82) is 0 Å². The SMILES string of the molecule is Cc1nn(CC(=O)N(C)C)cc1-n1c(=O)n(C)c2cnc3ccc(-c4ccccc4)cc3c21. The number of rotatable bonds is 4. The number of hydrogen-bond donors (Lipinski definition) is 0. The van der Waals surface area contributed by atoms with E-state index in [0.29, 0.717) is 11.4 Å². The molecular weight excluding hydrogens is 416 g/mol. The predicted octanol–water partition coefficient (Wildman–Crippen LogP) is 3.14. The van der Waals surface area contributed by atoms with Crippen molar-refractivity contribution in [1.82, 2.24) is 28.8 Å². The molecule has 0 aliphatic heterocycles. The van der Waals surface area contributed by atoms with Crippen molar-refractivity contribution in [3.63, 3.8) is 0 Å². The van der Waals surface area contributed by atoms with E-state index in [2.05, 4.69) is 28.3 Å². The number of hydrogen-bond acceptors (Lipinski definition) is 4. The molecule has 0 bridgehead atoms. The van der Waals surface area contributed by atoms with E-state index in [1.165, 1.54) is 4.90 Å². The van der Waals surface area contributed by atoms with E-state index in [0.717, 1.165) is 33.1 Å². The lowest BCUT2D eigenvalue weighted by atomic mass is 10.0. The van der Waals surface area contributed by atoms with E-state index < -0.39 is 0 Å². The van der Waals surface area contributed by atoms with Gasteiger partial charge >= 0.3 is 5.69 Å². The van der Waals surface area contributed by atoms with Gasteiger partial charge in [-0.05, 0) is 30.2 Å². The number of amides is 1. The largest absolute Gasteiger partial charge is 0.347 e. The van der Waals surface area contributed by atoms with E-state index in [-0.39, 0.29) is 18.1 Å². The molecule has 5 rings (SSSR count). The first kappa shape index (κ1) is 20.7. The molecule has 2 aromatic carbocycles. The second kappa shape index (κ2) is 7.74. The molecule has 0 unspecified atom stereocenters. The average molecular weight is 441 g/mol. The highest BCUT2D eigenvalue weighted by Crippen LogP contribution is 2.30. The lowest BCUT2D eigenvalue weighted by Crippen LogP contribution is -2.26. The molecule has 0 fully saturated rings. The van der Waals surface area contributed by atoms with Crippen molar-refractivity contribution in [2.75, 3.05) is 14.1 Å². The molecule has 0 N–H and O–H groups in total. The van der Waals surface area contributed by atoms with Crippen LogP contribution < -0.4 is 5.69 Å². The highest BCUT2D eigenvalue weighted by molar-refractivity contribution is 6.04. The van der Waals surface area contributed by atoms with Gasteiger partial charge in [-0.1, -0.05) is 36.4 Å². The highest BCUT2D eigenvalue weighted by Gasteiger charge is 2.20. The van der Waals surface area contributed by atoms with Gasteiger partial charge in [0.1, 0.15) is 6.54 Å². The number of nitrogens with zero attached hydrogens (tertiary/aromatic N) is 6. The topological polar surface area (TPSA) is 78.0 Å². The molecule has 166 valence electrons. The standard InChI is InChI=1S/C25H24N6O2/c1-16-22(14-30(27-16)15-23(32)28(2)3)31-24-19-12-18(17-8-6-5-7-9-17)10-11-20(19)26-13-21(24)29(4)25(31)33/h5-14H,15H2,1-4H3. The molecule has 0 saturated carbocycles. The number of aryl methyl sites for hydroxylation is 2. The molecule has 5 aromatic rings. The second-order valence-electron chi connectivity index (χ2n) is 8.35. The Morgan fingerprint density at radius 2 is 1.82 bits per heavy atom. The summed E-state index contributed by atoms with van der Waals surface area (Å²) in [6.45, 7) is 1.95. The number of fused-ring (bicyclic) bond motifs is 3. The molecule has 0 spiro atoms. The van der Waals surface area contributed by atoms with Crippen molar-refractivity contribution in [2.24, 2.45) is 7.05 Å². The van der Waals surface area contributed by atoms with Gasteiger partial charge < -0.3 is 4.90 Å². The molecule has 3 heterocycles. The van der Waals surface area contributed by atoms with Crippen molar-refractivity contribution >= 4 is 27.8 Å². The molecule has 8 heteroatoms. The number of likely N-dealkylation sites (N-methyl/N-ethyl adjacent to an activating group) is 1. The summed E-state index contributed by atoms with van der Waals surface area (Å²) in [6.07, 6.45) is 3.48. The molecular formula is C25H24N6O2. The predicted molar refractivity (Wildman–Crippen MR) is 128 cm³/mol. The highest BCUT2D eigenvalue weighted by atomic mass is 16.2. The molecule has 0 saturated heterocycles. The van der Waals surface area contributed by atoms with Crippen molar-refractivity contribution in [2.45, 2.75) is 13.5 Å². The summed E-state index contributed by atoms with van der Waals surface area (Å²) >= 11 is 0. The summed E-state index contributed by atoms with van der Waals surface area (Å²) in [5.41, 5.74) is 5.56. The van der Waals surface area contributed by atoms with Gasteiger partial charge in [0.15, 0.2) is 0 Å². The Labute approximate surface area is 190 Å². The molecule has 0 aliphatic rings. The Morgan fingerprint density at radius 1 is 1.06 bits per heavy atom. The summed E-state index contributed by atoms with van der Waals surface area (Å²) in [7, 11) is 5.15. The van der Waals surface area contributed by atoms with E-state index in [4.69, 9.17) is 0 Å². The van der Waals surface area contributed by atoms with Gasteiger partial charge in [0.05, 0.1) is 40.3 Å². The molecule has 0 aliphatic carbocycles. The van der Waals surface area contributed by atoms with Crippen LogP contribution >= 0.6 is 0 Å². The molecule has 3 aromatic heterocycles. The first-order chi connectivity index (χ1) is 15.8. The number of imidazole rings is 1. The van der Waals surface area contributed by atoms with E-state index in [1.807, 2.05) is 37.3 Å². The lowest BCUT2D eigenvalue weighted by molar-refractivity contribution is -0.129. The molecule has 8 nitrogen and oxygen atoms in total. The quantitative estimate of drug-likeness (QED) is 0.430. The van der Waals surface area contributed by atoms with Crippen LogP contribution in [0.3, 0.4) is 0 Å². The van der Waals surface area contributed by atoms with E-state index in [9.17, 15) is 9.59 Å². The van der Waals surface area contributed by atoms with Crippen molar-refractivity contribution < 1.29 is 4.79 Å². The minimum Gasteiger partial charge on any atom is -0.347 e. The number of carbonyl (C=O) groups excluding carboxylic acids is 1. The minimum absolute atomic E-state index is 0.0727. The van der Waals surface area contributed by atoms with E-state index in [1.54, 1.807) is 47.4 Å². The summed E-state index contributed by atoms with van der Waals surface area (Å²) in [6, 6.07) is 16.2. The maximum atomic E-state index is 13.4. The summed E-state index contributed by atoms with van der Waals surface area (Å²) in [4.78, 5) is 31.7. The molecule has 33 heavy (non-hydrogen) atoms. The monoisotopic (exact) mass is 440 g/mol. The lowest BCUT2D eigenvalue weighted by Gasteiger charge is -2.09. The van der Waals surface area contributed by atoms with Gasteiger partial charge in [-0.25, -0.2) is 4.79 Å². The van der Waals surface area contributed by atoms with Crippen LogP contribution in [0.1, 0.15) is 5.69 Å².